The average Bonchev–Trinajstić information content (AvgIpc) is 2.79. The van der Waals surface area contributed by atoms with E-state index in [4.69, 9.17) is 5.73 Å². The summed E-state index contributed by atoms with van der Waals surface area (Å²) in [5.74, 6) is -1.42. The molecule has 1 rings (SSSR count). The summed E-state index contributed by atoms with van der Waals surface area (Å²) in [5, 5.41) is 9.26. The summed E-state index contributed by atoms with van der Waals surface area (Å²) < 4.78 is 22.1. The van der Waals surface area contributed by atoms with Crippen molar-refractivity contribution in [3.63, 3.8) is 0 Å². The zero-order valence-corrected chi connectivity index (χ0v) is 12.6. The Balaban J connectivity index is 2.64. The third kappa shape index (κ3) is 3.92. The molecule has 20 heavy (non-hydrogen) atoms. The molecule has 1 aliphatic heterocycles. The number of aliphatic carboxylic acids is 1. The van der Waals surface area contributed by atoms with Gasteiger partial charge in [-0.15, -0.1) is 0 Å². The van der Waals surface area contributed by atoms with Gasteiger partial charge in [0.1, 0.15) is 9.84 Å². The number of carbonyl (C=O) groups is 2. The van der Waals surface area contributed by atoms with E-state index in [1.807, 2.05) is 0 Å². The number of hydrogen-bond acceptors (Lipinski definition) is 5. The van der Waals surface area contributed by atoms with Crippen molar-refractivity contribution in [1.29, 1.82) is 0 Å². The van der Waals surface area contributed by atoms with E-state index < -0.39 is 27.3 Å². The Morgan fingerprint density at radius 3 is 2.45 bits per heavy atom. The molecular formula is C12H22N2O5S. The third-order valence-corrected chi connectivity index (χ3v) is 4.89. The summed E-state index contributed by atoms with van der Waals surface area (Å²) in [5.41, 5.74) is 4.81. The van der Waals surface area contributed by atoms with Gasteiger partial charge in [-0.25, -0.2) is 8.42 Å². The van der Waals surface area contributed by atoms with Crippen molar-refractivity contribution in [2.24, 2.45) is 11.1 Å². The molecule has 0 bridgehead atoms. The number of carbonyl (C=O) groups excluding carboxylic acids is 1. The Morgan fingerprint density at radius 1 is 1.45 bits per heavy atom. The first kappa shape index (κ1) is 16.9. The molecule has 1 heterocycles. The molecule has 0 radical (unpaired) electrons. The minimum absolute atomic E-state index is 0.0559. The SMILES string of the molecule is CCC1(C(=O)O)CCN(C(=O)C(N)CCS(C)(=O)=O)C1. The highest BCUT2D eigenvalue weighted by atomic mass is 32.2. The largest absolute Gasteiger partial charge is 0.481 e. The summed E-state index contributed by atoms with van der Waals surface area (Å²) in [7, 11) is -3.16. The maximum atomic E-state index is 12.1. The Hall–Kier alpha value is -1.15. The number of sulfone groups is 1. The fraction of sp³-hybridized carbons (Fsp3) is 0.833. The van der Waals surface area contributed by atoms with Crippen LogP contribution in [0.2, 0.25) is 0 Å². The lowest BCUT2D eigenvalue weighted by Gasteiger charge is -2.24. The molecule has 0 aromatic heterocycles. The lowest BCUT2D eigenvalue weighted by molar-refractivity contribution is -0.148. The van der Waals surface area contributed by atoms with Crippen LogP contribution in [0.25, 0.3) is 0 Å². The van der Waals surface area contributed by atoms with Crippen molar-refractivity contribution < 1.29 is 23.1 Å². The Kier molecular flexibility index (Phi) is 5.15. The molecule has 2 atom stereocenters. The Bertz CT molecular complexity index is 490. The highest BCUT2D eigenvalue weighted by Gasteiger charge is 2.45. The Morgan fingerprint density at radius 2 is 2.05 bits per heavy atom. The molecular weight excluding hydrogens is 284 g/mol. The summed E-state index contributed by atoms with van der Waals surface area (Å²) in [6.45, 7) is 2.28. The van der Waals surface area contributed by atoms with E-state index in [0.29, 0.717) is 19.4 Å². The number of amides is 1. The van der Waals surface area contributed by atoms with E-state index in [-0.39, 0.29) is 24.6 Å². The number of nitrogens with two attached hydrogens (primary N) is 1. The molecule has 7 nitrogen and oxygen atoms in total. The minimum atomic E-state index is -3.16. The van der Waals surface area contributed by atoms with Crippen LogP contribution >= 0.6 is 0 Å². The van der Waals surface area contributed by atoms with Crippen molar-refractivity contribution in [3.05, 3.63) is 0 Å². The van der Waals surface area contributed by atoms with Crippen LogP contribution in [-0.4, -0.2) is 61.4 Å². The molecule has 8 heteroatoms. The average molecular weight is 306 g/mol. The van der Waals surface area contributed by atoms with Gasteiger partial charge in [0.15, 0.2) is 0 Å². The molecule has 1 amide bonds. The van der Waals surface area contributed by atoms with Gasteiger partial charge < -0.3 is 15.7 Å². The normalized spacial score (nSPS) is 24.6. The standard InChI is InChI=1S/C12H22N2O5S/c1-3-12(11(16)17)5-6-14(8-12)10(15)9(13)4-7-20(2,18)19/h9H,3-8,13H2,1-2H3,(H,16,17). The van der Waals surface area contributed by atoms with Crippen LogP contribution in [0.3, 0.4) is 0 Å². The van der Waals surface area contributed by atoms with Gasteiger partial charge in [-0.3, -0.25) is 9.59 Å². The van der Waals surface area contributed by atoms with Crippen molar-refractivity contribution >= 4 is 21.7 Å². The number of nitrogens with zero attached hydrogens (tertiary/aromatic N) is 1. The highest BCUT2D eigenvalue weighted by Crippen LogP contribution is 2.34. The van der Waals surface area contributed by atoms with Crippen molar-refractivity contribution in [2.45, 2.75) is 32.2 Å². The second-order valence-electron chi connectivity index (χ2n) is 5.47. The van der Waals surface area contributed by atoms with E-state index in [9.17, 15) is 23.1 Å². The molecule has 0 saturated carbocycles. The maximum absolute atomic E-state index is 12.1. The third-order valence-electron chi connectivity index (χ3n) is 3.91. The van der Waals surface area contributed by atoms with E-state index in [1.54, 1.807) is 6.92 Å². The molecule has 0 spiro atoms. The second-order valence-corrected chi connectivity index (χ2v) is 7.73. The zero-order chi connectivity index (χ0) is 15.6. The highest BCUT2D eigenvalue weighted by molar-refractivity contribution is 7.90. The van der Waals surface area contributed by atoms with Gasteiger partial charge in [-0.2, -0.15) is 0 Å². The fourth-order valence-corrected chi connectivity index (χ4v) is 3.06. The van der Waals surface area contributed by atoms with Gasteiger partial charge >= 0.3 is 5.97 Å². The van der Waals surface area contributed by atoms with Crippen molar-refractivity contribution in [1.82, 2.24) is 4.90 Å². The summed E-state index contributed by atoms with van der Waals surface area (Å²) in [6, 6.07) is -0.897. The monoisotopic (exact) mass is 306 g/mol. The van der Waals surface area contributed by atoms with Gasteiger partial charge in [0.25, 0.3) is 0 Å². The summed E-state index contributed by atoms with van der Waals surface area (Å²) >= 11 is 0. The van der Waals surface area contributed by atoms with Crippen LogP contribution in [0.4, 0.5) is 0 Å². The van der Waals surface area contributed by atoms with Gasteiger partial charge in [0.2, 0.25) is 5.91 Å². The molecule has 1 saturated heterocycles. The molecule has 0 aromatic carbocycles. The molecule has 2 unspecified atom stereocenters. The van der Waals surface area contributed by atoms with Crippen LogP contribution in [-0.2, 0) is 19.4 Å². The van der Waals surface area contributed by atoms with Crippen molar-refractivity contribution in [3.8, 4) is 0 Å². The second kappa shape index (κ2) is 6.09. The van der Waals surface area contributed by atoms with Crippen LogP contribution in [0, 0.1) is 5.41 Å². The predicted molar refractivity (Wildman–Crippen MR) is 73.9 cm³/mol. The lowest BCUT2D eigenvalue weighted by atomic mass is 9.84. The van der Waals surface area contributed by atoms with E-state index in [2.05, 4.69) is 0 Å². The lowest BCUT2D eigenvalue weighted by Crippen LogP contribution is -2.45. The molecule has 0 aromatic rings. The topological polar surface area (TPSA) is 118 Å². The Labute approximate surface area is 119 Å². The van der Waals surface area contributed by atoms with Gasteiger partial charge in [-0.1, -0.05) is 6.92 Å². The first-order chi connectivity index (χ1) is 9.11. The number of likely N-dealkylation sites (tertiary alicyclic amines) is 1. The number of carboxylic acids is 1. The fourth-order valence-electron chi connectivity index (χ4n) is 2.37. The van der Waals surface area contributed by atoms with Gasteiger partial charge in [-0.05, 0) is 19.3 Å². The zero-order valence-electron chi connectivity index (χ0n) is 11.8. The number of carboxylic acid groups (broad SMARTS) is 1. The summed E-state index contributed by atoms with van der Waals surface area (Å²) in [4.78, 5) is 24.8. The van der Waals surface area contributed by atoms with Crippen LogP contribution in [0.15, 0.2) is 0 Å². The quantitative estimate of drug-likeness (QED) is 0.680. The number of hydrogen-bond donors (Lipinski definition) is 2. The van der Waals surface area contributed by atoms with E-state index in [0.717, 1.165) is 6.26 Å². The van der Waals surface area contributed by atoms with Crippen molar-refractivity contribution in [2.75, 3.05) is 25.1 Å². The van der Waals surface area contributed by atoms with E-state index in [1.165, 1.54) is 4.90 Å². The first-order valence-corrected chi connectivity index (χ1v) is 8.63. The van der Waals surface area contributed by atoms with Gasteiger partial charge in [0, 0.05) is 19.3 Å². The first-order valence-electron chi connectivity index (χ1n) is 6.57. The number of rotatable bonds is 6. The van der Waals surface area contributed by atoms with E-state index >= 15 is 0 Å². The maximum Gasteiger partial charge on any atom is 0.311 e. The smallest absolute Gasteiger partial charge is 0.311 e. The van der Waals surface area contributed by atoms with Gasteiger partial charge in [0.05, 0.1) is 17.2 Å². The minimum Gasteiger partial charge on any atom is -0.481 e. The van der Waals surface area contributed by atoms with Crippen LogP contribution in [0.1, 0.15) is 26.2 Å². The van der Waals surface area contributed by atoms with Crippen LogP contribution in [0.5, 0.6) is 0 Å². The molecule has 116 valence electrons. The molecule has 3 N–H and O–H groups in total. The molecule has 1 fully saturated rings. The summed E-state index contributed by atoms with van der Waals surface area (Å²) in [6.07, 6.45) is 2.00. The molecule has 1 aliphatic rings. The van der Waals surface area contributed by atoms with Crippen LogP contribution < -0.4 is 5.73 Å². The predicted octanol–water partition coefficient (Wildman–Crippen LogP) is -0.538. The molecule has 0 aliphatic carbocycles.